The van der Waals surface area contributed by atoms with Crippen LogP contribution >= 0.6 is 11.3 Å². The van der Waals surface area contributed by atoms with Crippen LogP contribution in [-0.2, 0) is 17.1 Å². The van der Waals surface area contributed by atoms with E-state index in [0.717, 1.165) is 22.6 Å². The van der Waals surface area contributed by atoms with Gasteiger partial charge < -0.3 is 4.57 Å². The van der Waals surface area contributed by atoms with Crippen molar-refractivity contribution in [3.8, 4) is 11.4 Å². The molecule has 0 bridgehead atoms. The Morgan fingerprint density at radius 3 is 2.77 bits per heavy atom. The first-order chi connectivity index (χ1) is 14.4. The van der Waals surface area contributed by atoms with E-state index in [9.17, 15) is 8.42 Å². The summed E-state index contributed by atoms with van der Waals surface area (Å²) in [7, 11) is -1.86. The number of sulfonamides is 1. The Morgan fingerprint density at radius 1 is 1.23 bits per heavy atom. The molecule has 1 aliphatic heterocycles. The van der Waals surface area contributed by atoms with Crippen molar-refractivity contribution in [1.29, 1.82) is 0 Å². The minimum atomic E-state index is -3.63. The predicted molar refractivity (Wildman–Crippen MR) is 116 cm³/mol. The first-order valence-electron chi connectivity index (χ1n) is 9.74. The molecule has 4 aromatic rings. The van der Waals surface area contributed by atoms with Crippen molar-refractivity contribution in [1.82, 2.24) is 28.6 Å². The fourth-order valence-corrected chi connectivity index (χ4v) is 6.79. The second kappa shape index (κ2) is 7.00. The lowest BCUT2D eigenvalue weighted by molar-refractivity contribution is 0.454. The zero-order chi connectivity index (χ0) is 21.0. The summed E-state index contributed by atoms with van der Waals surface area (Å²) < 4.78 is 32.1. The van der Waals surface area contributed by atoms with Gasteiger partial charge in [-0.3, -0.25) is 4.68 Å². The van der Waals surface area contributed by atoms with Crippen LogP contribution in [0.4, 0.5) is 0 Å². The number of hydrogen-bond donors (Lipinski definition) is 0. The van der Waals surface area contributed by atoms with Crippen LogP contribution in [0, 0.1) is 13.8 Å². The lowest BCUT2D eigenvalue weighted by Crippen LogP contribution is -2.30. The zero-order valence-corrected chi connectivity index (χ0v) is 18.6. The van der Waals surface area contributed by atoms with Gasteiger partial charge in [0.25, 0.3) is 0 Å². The van der Waals surface area contributed by atoms with E-state index in [-0.39, 0.29) is 6.04 Å². The van der Waals surface area contributed by atoms with Gasteiger partial charge in [-0.15, -0.1) is 0 Å². The van der Waals surface area contributed by atoms with Crippen molar-refractivity contribution in [3.05, 3.63) is 46.5 Å². The fraction of sp³-hybridized carbons (Fsp3) is 0.350. The average Bonchev–Trinajstić information content (AvgIpc) is 3.47. The normalized spacial score (nSPS) is 17.9. The van der Waals surface area contributed by atoms with Gasteiger partial charge >= 0.3 is 0 Å². The number of fused-ring (bicyclic) bond motifs is 1. The van der Waals surface area contributed by atoms with Crippen LogP contribution in [-0.4, -0.2) is 50.1 Å². The number of thiophene rings is 1. The SMILES string of the molecule is Cc1nn(C)c(C)c1S(=O)(=O)N1CC[C@H](n2c(-c3ccsc3)nc3cccnc32)C1. The molecule has 30 heavy (non-hydrogen) atoms. The molecule has 156 valence electrons. The summed E-state index contributed by atoms with van der Waals surface area (Å²) in [6, 6.07) is 5.82. The fourth-order valence-electron chi connectivity index (χ4n) is 4.27. The van der Waals surface area contributed by atoms with Crippen LogP contribution in [0.2, 0.25) is 0 Å². The molecule has 0 N–H and O–H groups in total. The van der Waals surface area contributed by atoms with Crippen LogP contribution in [0.25, 0.3) is 22.6 Å². The first kappa shape index (κ1) is 19.4. The van der Waals surface area contributed by atoms with Gasteiger partial charge in [0.15, 0.2) is 5.65 Å². The van der Waals surface area contributed by atoms with Gasteiger partial charge in [0.05, 0.1) is 17.4 Å². The highest BCUT2D eigenvalue weighted by atomic mass is 32.2. The van der Waals surface area contributed by atoms with Crippen LogP contribution in [0.5, 0.6) is 0 Å². The minimum absolute atomic E-state index is 0.0353. The van der Waals surface area contributed by atoms with Crippen LogP contribution in [0.1, 0.15) is 23.9 Å². The molecule has 0 unspecified atom stereocenters. The van der Waals surface area contributed by atoms with Crippen molar-refractivity contribution >= 4 is 32.5 Å². The van der Waals surface area contributed by atoms with E-state index in [4.69, 9.17) is 4.98 Å². The van der Waals surface area contributed by atoms with E-state index in [0.29, 0.717) is 35.8 Å². The molecule has 5 heterocycles. The Balaban J connectivity index is 1.55. The van der Waals surface area contributed by atoms with E-state index in [1.165, 1.54) is 0 Å². The second-order valence-corrected chi connectivity index (χ2v) is 10.2. The Hall–Kier alpha value is -2.56. The molecule has 0 aliphatic carbocycles. The topological polar surface area (TPSA) is 85.9 Å². The van der Waals surface area contributed by atoms with Crippen LogP contribution in [0.3, 0.4) is 0 Å². The van der Waals surface area contributed by atoms with Gasteiger partial charge in [-0.25, -0.2) is 18.4 Å². The van der Waals surface area contributed by atoms with Crippen molar-refractivity contribution in [2.24, 2.45) is 7.05 Å². The summed E-state index contributed by atoms with van der Waals surface area (Å²) in [4.78, 5) is 9.68. The third-order valence-corrected chi connectivity index (χ3v) is 8.56. The highest BCUT2D eigenvalue weighted by molar-refractivity contribution is 7.89. The Labute approximate surface area is 178 Å². The van der Waals surface area contributed by atoms with Crippen molar-refractivity contribution in [2.45, 2.75) is 31.2 Å². The van der Waals surface area contributed by atoms with Gasteiger partial charge in [-0.2, -0.15) is 20.7 Å². The molecule has 10 heteroatoms. The number of hydrogen-bond acceptors (Lipinski definition) is 6. The number of nitrogens with zero attached hydrogens (tertiary/aromatic N) is 6. The van der Waals surface area contributed by atoms with E-state index in [2.05, 4.69) is 20.0 Å². The predicted octanol–water partition coefficient (Wildman–Crippen LogP) is 3.15. The highest BCUT2D eigenvalue weighted by Gasteiger charge is 2.37. The summed E-state index contributed by atoms with van der Waals surface area (Å²) in [6.07, 6.45) is 2.46. The van der Waals surface area contributed by atoms with Gasteiger partial charge in [0.2, 0.25) is 10.0 Å². The third-order valence-electron chi connectivity index (χ3n) is 5.76. The minimum Gasteiger partial charge on any atom is -0.304 e. The number of aryl methyl sites for hydroxylation is 2. The maximum atomic E-state index is 13.4. The first-order valence-corrected chi connectivity index (χ1v) is 12.1. The molecular weight excluding hydrogens is 420 g/mol. The number of imidazole rings is 1. The van der Waals surface area contributed by atoms with Gasteiger partial charge in [0, 0.05) is 37.3 Å². The largest absolute Gasteiger partial charge is 0.304 e. The molecule has 8 nitrogen and oxygen atoms in total. The van der Waals surface area contributed by atoms with Crippen molar-refractivity contribution in [2.75, 3.05) is 13.1 Å². The number of pyridine rings is 1. The molecule has 1 aliphatic rings. The van der Waals surface area contributed by atoms with E-state index >= 15 is 0 Å². The summed E-state index contributed by atoms with van der Waals surface area (Å²) >= 11 is 1.61. The Morgan fingerprint density at radius 2 is 2.07 bits per heavy atom. The van der Waals surface area contributed by atoms with Crippen LogP contribution < -0.4 is 0 Å². The highest BCUT2D eigenvalue weighted by Crippen LogP contribution is 2.35. The molecule has 0 saturated carbocycles. The maximum absolute atomic E-state index is 13.4. The maximum Gasteiger partial charge on any atom is 0.246 e. The van der Waals surface area contributed by atoms with Crippen LogP contribution in [0.15, 0.2) is 40.1 Å². The summed E-state index contributed by atoms with van der Waals surface area (Å²) in [5, 5.41) is 8.37. The quantitative estimate of drug-likeness (QED) is 0.485. The number of aromatic nitrogens is 5. The van der Waals surface area contributed by atoms with E-state index in [1.807, 2.05) is 23.6 Å². The summed E-state index contributed by atoms with van der Waals surface area (Å²) in [6.45, 7) is 4.38. The lowest BCUT2D eigenvalue weighted by atomic mass is 10.2. The Kier molecular flexibility index (Phi) is 4.53. The third kappa shape index (κ3) is 2.90. The summed E-state index contributed by atoms with van der Waals surface area (Å²) in [5.74, 6) is 0.836. The van der Waals surface area contributed by atoms with Crippen molar-refractivity contribution < 1.29 is 8.42 Å². The second-order valence-electron chi connectivity index (χ2n) is 7.59. The molecule has 1 fully saturated rings. The molecule has 0 aromatic carbocycles. The van der Waals surface area contributed by atoms with Gasteiger partial charge in [-0.05, 0) is 43.8 Å². The average molecular weight is 443 g/mol. The van der Waals surface area contributed by atoms with E-state index in [1.54, 1.807) is 47.4 Å². The molecular formula is C20H22N6O2S2. The monoisotopic (exact) mass is 442 g/mol. The zero-order valence-electron chi connectivity index (χ0n) is 17.0. The van der Waals surface area contributed by atoms with Gasteiger partial charge in [0.1, 0.15) is 16.2 Å². The molecule has 1 atom stereocenters. The van der Waals surface area contributed by atoms with Crippen molar-refractivity contribution in [3.63, 3.8) is 0 Å². The van der Waals surface area contributed by atoms with Gasteiger partial charge in [-0.1, -0.05) is 0 Å². The molecule has 0 spiro atoms. The Bertz CT molecular complexity index is 1340. The molecule has 0 amide bonds. The smallest absolute Gasteiger partial charge is 0.246 e. The molecule has 1 saturated heterocycles. The standard InChI is InChI=1S/C20H22N6O2S2/c1-13-18(14(2)24(3)23-13)30(27,28)25-9-6-16(11-25)26-19(15-7-10-29-12-15)22-17-5-4-8-21-20(17)26/h4-5,7-8,10,12,16H,6,9,11H2,1-3H3/t16-/m0/s1. The molecule has 4 aromatic heterocycles. The summed E-state index contributed by atoms with van der Waals surface area (Å²) in [5.41, 5.74) is 3.82. The lowest BCUT2D eigenvalue weighted by Gasteiger charge is -2.19. The molecule has 5 rings (SSSR count). The number of rotatable bonds is 4. The molecule has 0 radical (unpaired) electrons. The van der Waals surface area contributed by atoms with E-state index < -0.39 is 10.0 Å².